The molecule has 0 radical (unpaired) electrons. The number of allylic oxidation sites excluding steroid dienone is 6. The van der Waals surface area contributed by atoms with E-state index in [-0.39, 0.29) is 5.78 Å². The van der Waals surface area contributed by atoms with Crippen LogP contribution < -0.4 is 0 Å². The van der Waals surface area contributed by atoms with E-state index in [1.807, 2.05) is 33.8 Å². The van der Waals surface area contributed by atoms with E-state index in [0.29, 0.717) is 18.3 Å². The number of hydrogen-bond acceptors (Lipinski definition) is 2. The van der Waals surface area contributed by atoms with Gasteiger partial charge in [-0.05, 0) is 37.5 Å². The maximum absolute atomic E-state index is 11.3. The molecular formula is C16H24O2. The van der Waals surface area contributed by atoms with Gasteiger partial charge in [-0.1, -0.05) is 38.5 Å². The highest BCUT2D eigenvalue weighted by molar-refractivity contribution is 5.91. The van der Waals surface area contributed by atoms with Gasteiger partial charge in [-0.25, -0.2) is 0 Å². The third kappa shape index (κ3) is 5.26. The van der Waals surface area contributed by atoms with Crippen LogP contribution in [0, 0.1) is 11.8 Å². The van der Waals surface area contributed by atoms with Gasteiger partial charge >= 0.3 is 0 Å². The van der Waals surface area contributed by atoms with Crippen LogP contribution >= 0.6 is 0 Å². The van der Waals surface area contributed by atoms with E-state index < -0.39 is 0 Å². The number of carbonyl (C=O) groups is 2. The Bertz CT molecular complexity index is 373. The zero-order valence-corrected chi connectivity index (χ0v) is 12.1. The zero-order chi connectivity index (χ0) is 14.1. The first-order chi connectivity index (χ1) is 8.54. The van der Waals surface area contributed by atoms with E-state index in [9.17, 15) is 9.59 Å². The van der Waals surface area contributed by atoms with Crippen LogP contribution in [-0.2, 0) is 9.59 Å². The van der Waals surface area contributed by atoms with Gasteiger partial charge in [0.25, 0.3) is 0 Å². The van der Waals surface area contributed by atoms with Crippen molar-refractivity contribution in [1.29, 1.82) is 0 Å². The van der Waals surface area contributed by atoms with E-state index in [4.69, 9.17) is 0 Å². The van der Waals surface area contributed by atoms with E-state index >= 15 is 0 Å². The summed E-state index contributed by atoms with van der Waals surface area (Å²) in [6.07, 6.45) is 8.70. The van der Waals surface area contributed by atoms with Gasteiger partial charge < -0.3 is 0 Å². The van der Waals surface area contributed by atoms with Crippen LogP contribution in [0.3, 0.4) is 0 Å². The molecule has 100 valence electrons. The molecule has 2 heteroatoms. The Morgan fingerprint density at radius 1 is 1.39 bits per heavy atom. The molecule has 2 atom stereocenters. The molecule has 2 unspecified atom stereocenters. The molecule has 0 aliphatic heterocycles. The maximum atomic E-state index is 11.3. The third-order valence-corrected chi connectivity index (χ3v) is 2.95. The largest absolute Gasteiger partial charge is 0.299 e. The summed E-state index contributed by atoms with van der Waals surface area (Å²) in [5.41, 5.74) is 2.05. The first-order valence-corrected chi connectivity index (χ1v) is 6.56. The van der Waals surface area contributed by atoms with Crippen molar-refractivity contribution in [2.75, 3.05) is 0 Å². The van der Waals surface area contributed by atoms with Gasteiger partial charge in [-0.2, -0.15) is 0 Å². The molecule has 0 bridgehead atoms. The molecule has 2 nitrogen and oxygen atoms in total. The lowest BCUT2D eigenvalue weighted by atomic mass is 9.79. The number of hydrogen-bond donors (Lipinski definition) is 0. The van der Waals surface area contributed by atoms with Crippen molar-refractivity contribution >= 4 is 12.1 Å². The summed E-state index contributed by atoms with van der Waals surface area (Å²) < 4.78 is 0. The first kappa shape index (κ1) is 16.6. The van der Waals surface area contributed by atoms with E-state index in [0.717, 1.165) is 17.4 Å². The standard InChI is InChI=1S/C14H18O2.C2H6/c1-10(6-7-15)4-5-14-11(2)8-13(16)9-12(14)3;1-2/h4-8,12,14H,9H2,1-3H3;1-2H3/b5-4+,10-6-;. The Balaban J connectivity index is 0.00000137. The van der Waals surface area contributed by atoms with Crippen LogP contribution in [0.1, 0.15) is 41.0 Å². The average molecular weight is 248 g/mol. The first-order valence-electron chi connectivity index (χ1n) is 6.56. The number of carbonyl (C=O) groups excluding carboxylic acids is 2. The predicted molar refractivity (Wildman–Crippen MR) is 76.3 cm³/mol. The van der Waals surface area contributed by atoms with E-state index in [2.05, 4.69) is 13.0 Å². The molecule has 0 spiro atoms. The highest BCUT2D eigenvalue weighted by atomic mass is 16.1. The van der Waals surface area contributed by atoms with Gasteiger partial charge in [0.05, 0.1) is 0 Å². The van der Waals surface area contributed by atoms with Crippen LogP contribution in [0.2, 0.25) is 0 Å². The van der Waals surface area contributed by atoms with Crippen molar-refractivity contribution in [3.63, 3.8) is 0 Å². The summed E-state index contributed by atoms with van der Waals surface area (Å²) in [7, 11) is 0. The molecule has 1 aliphatic carbocycles. The minimum atomic E-state index is 0.217. The lowest BCUT2D eigenvalue weighted by molar-refractivity contribution is -0.116. The van der Waals surface area contributed by atoms with Crippen LogP contribution in [0.25, 0.3) is 0 Å². The van der Waals surface area contributed by atoms with E-state index in [1.165, 1.54) is 6.08 Å². The van der Waals surface area contributed by atoms with Gasteiger partial charge in [0.1, 0.15) is 6.29 Å². The van der Waals surface area contributed by atoms with Gasteiger partial charge in [-0.15, -0.1) is 0 Å². The van der Waals surface area contributed by atoms with Crippen LogP contribution in [0.4, 0.5) is 0 Å². The lowest BCUT2D eigenvalue weighted by Gasteiger charge is -2.25. The zero-order valence-electron chi connectivity index (χ0n) is 12.1. The number of aldehydes is 1. The number of ketones is 1. The molecule has 0 amide bonds. The summed E-state index contributed by atoms with van der Waals surface area (Å²) in [6.45, 7) is 9.96. The second-order valence-corrected chi connectivity index (χ2v) is 4.47. The second kappa shape index (κ2) is 8.62. The van der Waals surface area contributed by atoms with Crippen molar-refractivity contribution < 1.29 is 9.59 Å². The summed E-state index contributed by atoms with van der Waals surface area (Å²) >= 11 is 0. The van der Waals surface area contributed by atoms with Crippen LogP contribution in [0.5, 0.6) is 0 Å². The predicted octanol–water partition coefficient (Wildman–Crippen LogP) is 3.89. The molecular weight excluding hydrogens is 224 g/mol. The fraction of sp³-hybridized carbons (Fsp3) is 0.500. The summed E-state index contributed by atoms with van der Waals surface area (Å²) in [4.78, 5) is 21.6. The van der Waals surface area contributed by atoms with Gasteiger partial charge in [0, 0.05) is 12.3 Å². The monoisotopic (exact) mass is 248 g/mol. The van der Waals surface area contributed by atoms with Gasteiger partial charge in [-0.3, -0.25) is 9.59 Å². The van der Waals surface area contributed by atoms with Crippen LogP contribution in [-0.4, -0.2) is 12.1 Å². The Morgan fingerprint density at radius 2 is 2.00 bits per heavy atom. The quantitative estimate of drug-likeness (QED) is 0.431. The molecule has 0 N–H and O–H groups in total. The Kier molecular flexibility index (Phi) is 7.93. The van der Waals surface area contributed by atoms with Crippen molar-refractivity contribution in [2.45, 2.75) is 41.0 Å². The third-order valence-electron chi connectivity index (χ3n) is 2.95. The van der Waals surface area contributed by atoms with Crippen molar-refractivity contribution in [3.8, 4) is 0 Å². The summed E-state index contributed by atoms with van der Waals surface area (Å²) in [5.74, 6) is 0.875. The second-order valence-electron chi connectivity index (χ2n) is 4.47. The maximum Gasteiger partial charge on any atom is 0.155 e. The topological polar surface area (TPSA) is 34.1 Å². The van der Waals surface area contributed by atoms with Crippen LogP contribution in [0.15, 0.2) is 35.5 Å². The Labute approximate surface area is 110 Å². The lowest BCUT2D eigenvalue weighted by Crippen LogP contribution is -2.20. The average Bonchev–Trinajstić information content (AvgIpc) is 2.30. The number of rotatable bonds is 3. The Morgan fingerprint density at radius 3 is 2.50 bits per heavy atom. The van der Waals surface area contributed by atoms with Crippen molar-refractivity contribution in [1.82, 2.24) is 0 Å². The SMILES string of the molecule is CC.CC1=CC(=O)CC(C)C1/C=C/C(C)=C\C=O. The molecule has 18 heavy (non-hydrogen) atoms. The fourth-order valence-electron chi connectivity index (χ4n) is 2.06. The molecule has 0 aromatic heterocycles. The highest BCUT2D eigenvalue weighted by Gasteiger charge is 2.23. The Hall–Kier alpha value is -1.44. The molecule has 0 saturated carbocycles. The van der Waals surface area contributed by atoms with Crippen molar-refractivity contribution in [2.24, 2.45) is 11.8 Å². The molecule has 0 heterocycles. The minimum Gasteiger partial charge on any atom is -0.299 e. The minimum absolute atomic E-state index is 0.217. The summed E-state index contributed by atoms with van der Waals surface area (Å²) in [6, 6.07) is 0. The van der Waals surface area contributed by atoms with E-state index in [1.54, 1.807) is 6.08 Å². The fourth-order valence-corrected chi connectivity index (χ4v) is 2.06. The van der Waals surface area contributed by atoms with Gasteiger partial charge in [0.2, 0.25) is 0 Å². The highest BCUT2D eigenvalue weighted by Crippen LogP contribution is 2.29. The normalized spacial score (nSPS) is 24.4. The molecule has 0 saturated heterocycles. The van der Waals surface area contributed by atoms with Gasteiger partial charge in [0.15, 0.2) is 5.78 Å². The van der Waals surface area contributed by atoms with Crippen molar-refractivity contribution in [3.05, 3.63) is 35.5 Å². The molecule has 1 aliphatic rings. The summed E-state index contributed by atoms with van der Waals surface area (Å²) in [5, 5.41) is 0. The smallest absolute Gasteiger partial charge is 0.155 e. The molecule has 0 fully saturated rings. The molecule has 0 aromatic rings. The molecule has 0 aromatic carbocycles. The molecule has 1 rings (SSSR count).